The summed E-state index contributed by atoms with van der Waals surface area (Å²) in [6.07, 6.45) is 4.18. The molecule has 1 aliphatic heterocycles. The lowest BCUT2D eigenvalue weighted by Gasteiger charge is -2.24. The lowest BCUT2D eigenvalue weighted by Crippen LogP contribution is -2.30. The average Bonchev–Trinajstić information content (AvgIpc) is 2.54. The molecule has 4 nitrogen and oxygen atoms in total. The molecule has 1 unspecified atom stereocenters. The molecule has 0 saturated carbocycles. The number of anilines is 1. The van der Waals surface area contributed by atoms with E-state index in [-0.39, 0.29) is 0 Å². The van der Waals surface area contributed by atoms with Crippen LogP contribution in [-0.4, -0.2) is 29.1 Å². The number of carbonyl (C=O) groups is 1. The number of hydrogen-bond acceptors (Lipinski definition) is 3. The van der Waals surface area contributed by atoms with Crippen LogP contribution in [0.5, 0.6) is 0 Å². The minimum Gasteiger partial charge on any atom is -0.481 e. The second-order valence-corrected chi connectivity index (χ2v) is 5.40. The number of carboxylic acids is 1. The second kappa shape index (κ2) is 4.96. The zero-order valence-electron chi connectivity index (χ0n) is 11.0. The van der Waals surface area contributed by atoms with E-state index in [2.05, 4.69) is 9.88 Å². The Morgan fingerprint density at radius 1 is 1.39 bits per heavy atom. The molecule has 4 heteroatoms. The molecule has 1 aliphatic rings. The van der Waals surface area contributed by atoms with Crippen LogP contribution in [0.15, 0.2) is 18.3 Å². The summed E-state index contributed by atoms with van der Waals surface area (Å²) >= 11 is 0. The SMILES string of the molecule is Cc1ccc(N2CCCC(C)(C(=O)O)CC2)nc1. The summed E-state index contributed by atoms with van der Waals surface area (Å²) in [5.74, 6) is 0.274. The molecule has 98 valence electrons. The summed E-state index contributed by atoms with van der Waals surface area (Å²) in [7, 11) is 0. The summed E-state index contributed by atoms with van der Waals surface area (Å²) in [5.41, 5.74) is 0.559. The first-order valence-corrected chi connectivity index (χ1v) is 6.42. The average molecular weight is 248 g/mol. The van der Waals surface area contributed by atoms with Crippen LogP contribution in [0.2, 0.25) is 0 Å². The Morgan fingerprint density at radius 2 is 2.17 bits per heavy atom. The predicted octanol–water partition coefficient (Wildman–Crippen LogP) is 2.47. The fourth-order valence-corrected chi connectivity index (χ4v) is 2.37. The van der Waals surface area contributed by atoms with Gasteiger partial charge < -0.3 is 10.0 Å². The maximum atomic E-state index is 11.3. The number of aliphatic carboxylic acids is 1. The Kier molecular flexibility index (Phi) is 3.55. The van der Waals surface area contributed by atoms with E-state index in [0.717, 1.165) is 37.3 Å². The zero-order valence-corrected chi connectivity index (χ0v) is 11.0. The van der Waals surface area contributed by atoms with Gasteiger partial charge in [-0.2, -0.15) is 0 Å². The van der Waals surface area contributed by atoms with Crippen molar-refractivity contribution in [2.45, 2.75) is 33.1 Å². The number of pyridine rings is 1. The van der Waals surface area contributed by atoms with Crippen molar-refractivity contribution in [1.29, 1.82) is 0 Å². The number of aromatic nitrogens is 1. The highest BCUT2D eigenvalue weighted by Gasteiger charge is 2.35. The first kappa shape index (κ1) is 12.9. The van der Waals surface area contributed by atoms with Crippen molar-refractivity contribution in [2.24, 2.45) is 5.41 Å². The molecule has 0 amide bonds. The Hall–Kier alpha value is -1.58. The van der Waals surface area contributed by atoms with Gasteiger partial charge in [0, 0.05) is 19.3 Å². The Morgan fingerprint density at radius 3 is 2.78 bits per heavy atom. The molecular weight excluding hydrogens is 228 g/mol. The van der Waals surface area contributed by atoms with Crippen molar-refractivity contribution in [2.75, 3.05) is 18.0 Å². The van der Waals surface area contributed by atoms with Crippen molar-refractivity contribution >= 4 is 11.8 Å². The van der Waals surface area contributed by atoms with Gasteiger partial charge in [0.2, 0.25) is 0 Å². The Labute approximate surface area is 108 Å². The van der Waals surface area contributed by atoms with E-state index >= 15 is 0 Å². The number of nitrogens with zero attached hydrogens (tertiary/aromatic N) is 2. The first-order valence-electron chi connectivity index (χ1n) is 6.42. The molecule has 18 heavy (non-hydrogen) atoms. The van der Waals surface area contributed by atoms with Crippen LogP contribution in [0.25, 0.3) is 0 Å². The van der Waals surface area contributed by atoms with Gasteiger partial charge in [-0.05, 0) is 44.7 Å². The summed E-state index contributed by atoms with van der Waals surface area (Å²) in [6, 6.07) is 4.06. The van der Waals surface area contributed by atoms with Gasteiger partial charge in [0.25, 0.3) is 0 Å². The Balaban J connectivity index is 2.09. The second-order valence-electron chi connectivity index (χ2n) is 5.40. The third-order valence-electron chi connectivity index (χ3n) is 3.83. The molecule has 1 atom stereocenters. The standard InChI is InChI=1S/C14H20N2O2/c1-11-4-5-12(15-10-11)16-8-3-6-14(2,7-9-16)13(17)18/h4-5,10H,3,6-9H2,1-2H3,(H,17,18). The fourth-order valence-electron chi connectivity index (χ4n) is 2.37. The van der Waals surface area contributed by atoms with E-state index in [1.54, 1.807) is 0 Å². The van der Waals surface area contributed by atoms with Crippen LogP contribution < -0.4 is 4.90 Å². The minimum absolute atomic E-state index is 0.584. The lowest BCUT2D eigenvalue weighted by atomic mass is 9.83. The maximum Gasteiger partial charge on any atom is 0.309 e. The quantitative estimate of drug-likeness (QED) is 0.873. The summed E-state index contributed by atoms with van der Waals surface area (Å²) < 4.78 is 0. The van der Waals surface area contributed by atoms with Gasteiger partial charge in [0.1, 0.15) is 5.82 Å². The first-order chi connectivity index (χ1) is 8.51. The van der Waals surface area contributed by atoms with E-state index in [9.17, 15) is 9.90 Å². The molecule has 2 rings (SSSR count). The van der Waals surface area contributed by atoms with E-state index in [1.807, 2.05) is 32.2 Å². The number of aryl methyl sites for hydroxylation is 1. The zero-order chi connectivity index (χ0) is 13.2. The molecule has 0 spiro atoms. The van der Waals surface area contributed by atoms with Crippen LogP contribution >= 0.6 is 0 Å². The van der Waals surface area contributed by atoms with E-state index in [1.165, 1.54) is 0 Å². The number of hydrogen-bond donors (Lipinski definition) is 1. The monoisotopic (exact) mass is 248 g/mol. The highest BCUT2D eigenvalue weighted by atomic mass is 16.4. The largest absolute Gasteiger partial charge is 0.481 e. The molecular formula is C14H20N2O2. The van der Waals surface area contributed by atoms with Crippen LogP contribution in [0, 0.1) is 12.3 Å². The molecule has 2 heterocycles. The molecule has 1 N–H and O–H groups in total. The van der Waals surface area contributed by atoms with Crippen molar-refractivity contribution in [3.63, 3.8) is 0 Å². The highest BCUT2D eigenvalue weighted by molar-refractivity contribution is 5.74. The van der Waals surface area contributed by atoms with E-state index in [0.29, 0.717) is 6.42 Å². The van der Waals surface area contributed by atoms with Crippen LogP contribution in [0.4, 0.5) is 5.82 Å². The van der Waals surface area contributed by atoms with Gasteiger partial charge in [-0.1, -0.05) is 6.07 Å². The molecule has 0 radical (unpaired) electrons. The van der Waals surface area contributed by atoms with Gasteiger partial charge in [-0.25, -0.2) is 4.98 Å². The van der Waals surface area contributed by atoms with Crippen molar-refractivity contribution in [3.8, 4) is 0 Å². The predicted molar refractivity (Wildman–Crippen MR) is 70.8 cm³/mol. The van der Waals surface area contributed by atoms with Gasteiger partial charge in [-0.15, -0.1) is 0 Å². The lowest BCUT2D eigenvalue weighted by molar-refractivity contribution is -0.148. The third-order valence-corrected chi connectivity index (χ3v) is 3.83. The Bertz CT molecular complexity index is 430. The van der Waals surface area contributed by atoms with Gasteiger partial charge >= 0.3 is 5.97 Å². The highest BCUT2D eigenvalue weighted by Crippen LogP contribution is 2.32. The van der Waals surface area contributed by atoms with Gasteiger partial charge in [0.05, 0.1) is 5.41 Å². The minimum atomic E-state index is -0.679. The molecule has 1 aromatic heterocycles. The van der Waals surface area contributed by atoms with Crippen LogP contribution in [0.1, 0.15) is 31.7 Å². The van der Waals surface area contributed by atoms with E-state index in [4.69, 9.17) is 0 Å². The van der Waals surface area contributed by atoms with E-state index < -0.39 is 11.4 Å². The molecule has 0 bridgehead atoms. The normalized spacial score (nSPS) is 24.7. The molecule has 0 aliphatic carbocycles. The van der Waals surface area contributed by atoms with Crippen molar-refractivity contribution in [3.05, 3.63) is 23.9 Å². The molecule has 1 aromatic rings. The number of carboxylic acid groups (broad SMARTS) is 1. The smallest absolute Gasteiger partial charge is 0.309 e. The molecule has 1 fully saturated rings. The summed E-state index contributed by atoms with van der Waals surface area (Å²) in [6.45, 7) is 5.51. The number of rotatable bonds is 2. The summed E-state index contributed by atoms with van der Waals surface area (Å²) in [5, 5.41) is 9.28. The molecule has 1 saturated heterocycles. The maximum absolute atomic E-state index is 11.3. The van der Waals surface area contributed by atoms with Crippen LogP contribution in [-0.2, 0) is 4.79 Å². The summed E-state index contributed by atoms with van der Waals surface area (Å²) in [4.78, 5) is 17.9. The third kappa shape index (κ3) is 2.63. The fraction of sp³-hybridized carbons (Fsp3) is 0.571. The van der Waals surface area contributed by atoms with Crippen LogP contribution in [0.3, 0.4) is 0 Å². The van der Waals surface area contributed by atoms with Gasteiger partial charge in [-0.3, -0.25) is 4.79 Å². The van der Waals surface area contributed by atoms with Gasteiger partial charge in [0.15, 0.2) is 0 Å². The van der Waals surface area contributed by atoms with Crippen molar-refractivity contribution < 1.29 is 9.90 Å². The molecule has 0 aromatic carbocycles. The van der Waals surface area contributed by atoms with Crippen molar-refractivity contribution in [1.82, 2.24) is 4.98 Å². The topological polar surface area (TPSA) is 53.4 Å².